The Balaban J connectivity index is 2.28. The Morgan fingerprint density at radius 3 is 2.71 bits per heavy atom. The number of hydrogen-bond donors (Lipinski definition) is 4. The average Bonchev–Trinajstić information content (AvgIpc) is 2.48. The van der Waals surface area contributed by atoms with E-state index >= 15 is 0 Å². The average molecular weight is 429 g/mol. The highest BCUT2D eigenvalue weighted by Gasteiger charge is 2.38. The van der Waals surface area contributed by atoms with Crippen molar-refractivity contribution in [2.45, 2.75) is 29.7 Å². The van der Waals surface area contributed by atoms with E-state index < -0.39 is 24.5 Å². The fourth-order valence-electron chi connectivity index (χ4n) is 1.90. The van der Waals surface area contributed by atoms with Gasteiger partial charge < -0.3 is 25.4 Å². The molecule has 4 atom stereocenters. The second kappa shape index (κ2) is 6.79. The summed E-state index contributed by atoms with van der Waals surface area (Å²) >= 11 is 3.17. The van der Waals surface area contributed by atoms with Crippen LogP contribution in [0.4, 0.5) is 5.82 Å². The second-order valence-electron chi connectivity index (χ2n) is 4.57. The van der Waals surface area contributed by atoms with Gasteiger partial charge in [-0.3, -0.25) is 9.36 Å². The van der Waals surface area contributed by atoms with E-state index in [1.165, 1.54) is 16.3 Å². The lowest BCUT2D eigenvalue weighted by atomic mass is 10.0. The molecule has 1 aliphatic rings. The summed E-state index contributed by atoms with van der Waals surface area (Å²) in [6, 6.07) is 0. The van der Waals surface area contributed by atoms with Crippen molar-refractivity contribution in [2.24, 2.45) is 7.05 Å². The van der Waals surface area contributed by atoms with Gasteiger partial charge in [-0.1, -0.05) is 11.8 Å². The van der Waals surface area contributed by atoms with Crippen LogP contribution in [0.25, 0.3) is 0 Å². The number of aromatic nitrogens is 2. The first kappa shape index (κ1) is 17.0. The van der Waals surface area contributed by atoms with Crippen LogP contribution in [-0.2, 0) is 11.8 Å². The molecule has 0 bridgehead atoms. The van der Waals surface area contributed by atoms with Gasteiger partial charge in [0.2, 0.25) is 0 Å². The number of nitrogens with one attached hydrogen (secondary N) is 1. The zero-order valence-corrected chi connectivity index (χ0v) is 14.3. The van der Waals surface area contributed by atoms with Crippen molar-refractivity contribution in [3.8, 4) is 0 Å². The topological polar surface area (TPSA) is 117 Å². The summed E-state index contributed by atoms with van der Waals surface area (Å²) in [7, 11) is 1.62. The Bertz CT molecular complexity index is 584. The maximum absolute atomic E-state index is 12.1. The Kier molecular flexibility index (Phi) is 5.48. The fraction of sp³-hybridized carbons (Fsp3) is 0.636. The second-order valence-corrected chi connectivity index (χ2v) is 6.42. The number of thioether (sulfide) groups is 1. The fourth-order valence-corrected chi connectivity index (χ4v) is 3.08. The van der Waals surface area contributed by atoms with Crippen molar-refractivity contribution in [1.29, 1.82) is 0 Å². The first-order valence-electron chi connectivity index (χ1n) is 6.09. The van der Waals surface area contributed by atoms with Crippen LogP contribution in [0, 0.1) is 3.57 Å². The predicted octanol–water partition coefficient (Wildman–Crippen LogP) is -1.04. The number of aliphatic hydroxyl groups is 3. The van der Waals surface area contributed by atoms with Gasteiger partial charge in [0.25, 0.3) is 5.56 Å². The molecule has 2 rings (SSSR count). The minimum absolute atomic E-state index is 0.118. The molecule has 10 heteroatoms. The summed E-state index contributed by atoms with van der Waals surface area (Å²) in [4.78, 5) is 16.4. The highest BCUT2D eigenvalue weighted by Crippen LogP contribution is 2.21. The number of halogens is 1. The lowest BCUT2D eigenvalue weighted by Gasteiger charge is -2.35. The van der Waals surface area contributed by atoms with Gasteiger partial charge in [-0.25, -0.2) is 4.98 Å². The molecule has 0 radical (unpaired) electrons. The van der Waals surface area contributed by atoms with Crippen LogP contribution in [0.15, 0.2) is 9.95 Å². The van der Waals surface area contributed by atoms with Crippen LogP contribution in [0.1, 0.15) is 0 Å². The maximum atomic E-state index is 12.1. The zero-order valence-electron chi connectivity index (χ0n) is 11.4. The van der Waals surface area contributed by atoms with Crippen LogP contribution in [0.3, 0.4) is 0 Å². The summed E-state index contributed by atoms with van der Waals surface area (Å²) in [6.07, 6.45) is -2.94. The van der Waals surface area contributed by atoms with Gasteiger partial charge >= 0.3 is 0 Å². The summed E-state index contributed by atoms with van der Waals surface area (Å²) in [5.74, 6) is 0.274. The molecule has 0 aromatic carbocycles. The zero-order chi connectivity index (χ0) is 15.7. The number of aliphatic hydroxyl groups excluding tert-OH is 3. The Morgan fingerprint density at radius 1 is 1.43 bits per heavy atom. The van der Waals surface area contributed by atoms with Crippen LogP contribution in [0.2, 0.25) is 0 Å². The van der Waals surface area contributed by atoms with E-state index in [1.807, 2.05) is 22.6 Å². The van der Waals surface area contributed by atoms with Crippen LogP contribution in [0.5, 0.6) is 0 Å². The van der Waals surface area contributed by atoms with E-state index in [2.05, 4.69) is 10.3 Å². The molecule has 1 saturated heterocycles. The Labute approximate surface area is 138 Å². The highest BCUT2D eigenvalue weighted by atomic mass is 127. The van der Waals surface area contributed by atoms with E-state index in [0.29, 0.717) is 8.73 Å². The molecule has 4 N–H and O–H groups in total. The van der Waals surface area contributed by atoms with Crippen LogP contribution in [-0.4, -0.2) is 62.3 Å². The first-order valence-corrected chi connectivity index (χ1v) is 8.40. The van der Waals surface area contributed by atoms with E-state index in [4.69, 9.17) is 4.74 Å². The molecule has 21 heavy (non-hydrogen) atoms. The first-order chi connectivity index (χ1) is 9.86. The van der Waals surface area contributed by atoms with E-state index in [1.54, 1.807) is 13.3 Å². The quantitative estimate of drug-likeness (QED) is 0.274. The van der Waals surface area contributed by atoms with Crippen LogP contribution < -0.4 is 10.9 Å². The smallest absolute Gasteiger partial charge is 0.269 e. The van der Waals surface area contributed by atoms with Gasteiger partial charge in [-0.15, -0.1) is 0 Å². The standard InChI is InChI=1S/C11H16IN3O5S/c1-15-10(19)5(12)8(14-11(15)21-2)13-9-7(18)6(17)4(16)3-20-9/h4,6-7,9,13,16-18H,3H2,1-2H3/t4-,6-,7-,9+/m1/s1. The normalized spacial score (nSPS) is 29.4. The molecule has 118 valence electrons. The molecular weight excluding hydrogens is 413 g/mol. The lowest BCUT2D eigenvalue weighted by molar-refractivity contribution is -0.178. The molecule has 0 amide bonds. The minimum Gasteiger partial charge on any atom is -0.388 e. The van der Waals surface area contributed by atoms with E-state index in [-0.39, 0.29) is 18.0 Å². The molecule has 0 unspecified atom stereocenters. The van der Waals surface area contributed by atoms with Crippen molar-refractivity contribution in [3.63, 3.8) is 0 Å². The third-order valence-corrected chi connectivity index (χ3v) is 4.86. The molecule has 1 aromatic heterocycles. The molecular formula is C11H16IN3O5S. The van der Waals surface area contributed by atoms with E-state index in [0.717, 1.165) is 0 Å². The Morgan fingerprint density at radius 2 is 2.10 bits per heavy atom. The van der Waals surface area contributed by atoms with Crippen molar-refractivity contribution in [2.75, 3.05) is 18.2 Å². The Hall–Kier alpha value is -0.400. The largest absolute Gasteiger partial charge is 0.388 e. The van der Waals surface area contributed by atoms with Gasteiger partial charge in [-0.05, 0) is 28.8 Å². The number of anilines is 1. The minimum atomic E-state index is -1.33. The SMILES string of the molecule is CSc1nc(N[C@H]2OC[C@@H](O)[C@@H](O)[C@H]2O)c(I)c(=O)n1C. The van der Waals surface area contributed by atoms with Gasteiger partial charge in [0.1, 0.15) is 27.7 Å². The van der Waals surface area contributed by atoms with Crippen molar-refractivity contribution < 1.29 is 20.1 Å². The van der Waals surface area contributed by atoms with Gasteiger partial charge in [0.05, 0.1) is 6.61 Å². The van der Waals surface area contributed by atoms with Crippen molar-refractivity contribution >= 4 is 40.2 Å². The molecule has 1 fully saturated rings. The predicted molar refractivity (Wildman–Crippen MR) is 85.4 cm³/mol. The van der Waals surface area contributed by atoms with Gasteiger partial charge in [0, 0.05) is 7.05 Å². The monoisotopic (exact) mass is 429 g/mol. The van der Waals surface area contributed by atoms with Crippen molar-refractivity contribution in [3.05, 3.63) is 13.9 Å². The molecule has 0 aliphatic carbocycles. The summed E-state index contributed by atoms with van der Waals surface area (Å²) in [6.45, 7) is -0.118. The van der Waals surface area contributed by atoms with Gasteiger partial charge in [0.15, 0.2) is 11.4 Å². The number of ether oxygens (including phenoxy) is 1. The highest BCUT2D eigenvalue weighted by molar-refractivity contribution is 14.1. The van der Waals surface area contributed by atoms with Gasteiger partial charge in [-0.2, -0.15) is 0 Å². The molecule has 2 heterocycles. The number of rotatable bonds is 3. The molecule has 0 saturated carbocycles. The van der Waals surface area contributed by atoms with Crippen molar-refractivity contribution in [1.82, 2.24) is 9.55 Å². The maximum Gasteiger partial charge on any atom is 0.269 e. The lowest BCUT2D eigenvalue weighted by Crippen LogP contribution is -2.55. The van der Waals surface area contributed by atoms with Crippen LogP contribution >= 0.6 is 34.4 Å². The summed E-state index contributed by atoms with van der Waals surface area (Å²) < 4.78 is 7.02. The summed E-state index contributed by atoms with van der Waals surface area (Å²) in [5.41, 5.74) is -0.219. The number of hydrogen-bond acceptors (Lipinski definition) is 8. The number of nitrogens with zero attached hydrogens (tertiary/aromatic N) is 2. The molecule has 8 nitrogen and oxygen atoms in total. The molecule has 0 spiro atoms. The molecule has 1 aliphatic heterocycles. The third-order valence-electron chi connectivity index (χ3n) is 3.16. The summed E-state index contributed by atoms with van der Waals surface area (Å²) in [5, 5.41) is 32.3. The molecule has 1 aromatic rings. The van der Waals surface area contributed by atoms with E-state index in [9.17, 15) is 20.1 Å². The third kappa shape index (κ3) is 3.35.